The molecule has 0 spiro atoms. The summed E-state index contributed by atoms with van der Waals surface area (Å²) in [6, 6.07) is 9.62. The van der Waals surface area contributed by atoms with E-state index >= 15 is 0 Å². The summed E-state index contributed by atoms with van der Waals surface area (Å²) in [7, 11) is 1.52. The van der Waals surface area contributed by atoms with Crippen LogP contribution in [0.4, 0.5) is 0 Å². The number of nitrogens with one attached hydrogen (secondary N) is 1. The average molecular weight is 250 g/mol. The normalized spacial score (nSPS) is 10.3. The molecule has 19 heavy (non-hydrogen) atoms. The Balaban J connectivity index is 2.13. The van der Waals surface area contributed by atoms with Crippen LogP contribution in [-0.4, -0.2) is 22.1 Å². The number of aromatic nitrogens is 3. The Morgan fingerprint density at radius 1 is 1.26 bits per heavy atom. The molecule has 2 heterocycles. The second kappa shape index (κ2) is 4.42. The van der Waals surface area contributed by atoms with Crippen molar-refractivity contribution >= 4 is 11.0 Å². The molecule has 0 aliphatic heterocycles. The van der Waals surface area contributed by atoms with Crippen LogP contribution < -0.4 is 4.74 Å². The molecule has 1 N–H and O–H groups in total. The van der Waals surface area contributed by atoms with E-state index < -0.39 is 0 Å². The third-order valence-corrected chi connectivity index (χ3v) is 2.92. The third kappa shape index (κ3) is 1.89. The van der Waals surface area contributed by atoms with Crippen molar-refractivity contribution in [2.24, 2.45) is 0 Å². The monoisotopic (exact) mass is 250 g/mol. The molecule has 0 unspecified atom stereocenters. The standard InChI is InChI=1S/C14H10N4O/c1-19-14-7-16-12(5-10(14)6-15)9-2-3-11-13(4-9)18-8-17-11/h2-5,7-8H,1H3,(H,17,18). The third-order valence-electron chi connectivity index (χ3n) is 2.92. The number of benzene rings is 1. The van der Waals surface area contributed by atoms with Gasteiger partial charge in [0.1, 0.15) is 6.07 Å². The van der Waals surface area contributed by atoms with E-state index in [0.29, 0.717) is 11.3 Å². The summed E-state index contributed by atoms with van der Waals surface area (Å²) in [5.41, 5.74) is 3.97. The maximum atomic E-state index is 9.09. The molecule has 3 rings (SSSR count). The summed E-state index contributed by atoms with van der Waals surface area (Å²) in [6.07, 6.45) is 3.21. The minimum Gasteiger partial charge on any atom is -0.494 e. The highest BCUT2D eigenvalue weighted by molar-refractivity contribution is 5.80. The Morgan fingerprint density at radius 3 is 2.95 bits per heavy atom. The maximum absolute atomic E-state index is 9.09. The Hall–Kier alpha value is -2.87. The Bertz CT molecular complexity index is 785. The highest BCUT2D eigenvalue weighted by atomic mass is 16.5. The highest BCUT2D eigenvalue weighted by Crippen LogP contribution is 2.25. The predicted molar refractivity (Wildman–Crippen MR) is 70.6 cm³/mol. The molecule has 0 fully saturated rings. The number of fused-ring (bicyclic) bond motifs is 1. The van der Waals surface area contributed by atoms with E-state index in [1.807, 2.05) is 18.2 Å². The van der Waals surface area contributed by atoms with Gasteiger partial charge in [0.25, 0.3) is 0 Å². The van der Waals surface area contributed by atoms with Crippen molar-refractivity contribution in [3.05, 3.63) is 42.4 Å². The lowest BCUT2D eigenvalue weighted by Gasteiger charge is -2.05. The number of pyridine rings is 1. The van der Waals surface area contributed by atoms with Crippen molar-refractivity contribution in [3.8, 4) is 23.1 Å². The fraction of sp³-hybridized carbons (Fsp3) is 0.0714. The van der Waals surface area contributed by atoms with Crippen molar-refractivity contribution in [1.82, 2.24) is 15.0 Å². The first-order valence-electron chi connectivity index (χ1n) is 5.69. The van der Waals surface area contributed by atoms with Crippen molar-refractivity contribution in [1.29, 1.82) is 5.26 Å². The summed E-state index contributed by atoms with van der Waals surface area (Å²) in [5.74, 6) is 0.480. The van der Waals surface area contributed by atoms with Gasteiger partial charge < -0.3 is 9.72 Å². The van der Waals surface area contributed by atoms with E-state index in [4.69, 9.17) is 10.00 Å². The lowest BCUT2D eigenvalue weighted by atomic mass is 10.1. The smallest absolute Gasteiger partial charge is 0.154 e. The number of imidazole rings is 1. The molecule has 0 saturated carbocycles. The van der Waals surface area contributed by atoms with Gasteiger partial charge in [-0.2, -0.15) is 5.26 Å². The molecule has 92 valence electrons. The van der Waals surface area contributed by atoms with Gasteiger partial charge in [-0.05, 0) is 18.2 Å². The minimum atomic E-state index is 0.470. The van der Waals surface area contributed by atoms with Crippen molar-refractivity contribution < 1.29 is 4.74 Å². The fourth-order valence-corrected chi connectivity index (χ4v) is 1.95. The van der Waals surface area contributed by atoms with E-state index in [-0.39, 0.29) is 0 Å². The van der Waals surface area contributed by atoms with Crippen LogP contribution in [0.25, 0.3) is 22.3 Å². The van der Waals surface area contributed by atoms with Crippen molar-refractivity contribution in [3.63, 3.8) is 0 Å². The molecule has 3 aromatic rings. The van der Waals surface area contributed by atoms with Gasteiger partial charge in [0.2, 0.25) is 0 Å². The molecule has 0 atom stereocenters. The zero-order valence-corrected chi connectivity index (χ0v) is 10.2. The first-order chi connectivity index (χ1) is 9.31. The van der Waals surface area contributed by atoms with Crippen LogP contribution >= 0.6 is 0 Å². The molecule has 0 bridgehead atoms. The van der Waals surface area contributed by atoms with E-state index in [9.17, 15) is 0 Å². The number of ether oxygens (including phenoxy) is 1. The summed E-state index contributed by atoms with van der Waals surface area (Å²) >= 11 is 0. The van der Waals surface area contributed by atoms with Crippen LogP contribution in [0.3, 0.4) is 0 Å². The van der Waals surface area contributed by atoms with Gasteiger partial charge in [0.05, 0.1) is 41.9 Å². The van der Waals surface area contributed by atoms with Crippen LogP contribution in [0, 0.1) is 11.3 Å². The number of nitriles is 1. The SMILES string of the molecule is COc1cnc(-c2ccc3nc[nH]c3c2)cc1C#N. The number of H-pyrrole nitrogens is 1. The van der Waals surface area contributed by atoms with Gasteiger partial charge in [0, 0.05) is 5.56 Å². The number of rotatable bonds is 2. The lowest BCUT2D eigenvalue weighted by Crippen LogP contribution is -1.92. The van der Waals surface area contributed by atoms with Crippen LogP contribution in [0.5, 0.6) is 5.75 Å². The zero-order chi connectivity index (χ0) is 13.2. The first kappa shape index (κ1) is 11.2. The van der Waals surface area contributed by atoms with Gasteiger partial charge in [-0.3, -0.25) is 4.98 Å². The van der Waals surface area contributed by atoms with Gasteiger partial charge in [-0.15, -0.1) is 0 Å². The van der Waals surface area contributed by atoms with Gasteiger partial charge in [-0.1, -0.05) is 6.07 Å². The summed E-state index contributed by atoms with van der Waals surface area (Å²) in [6.45, 7) is 0. The Labute approximate surface area is 109 Å². The molecule has 2 aromatic heterocycles. The molecule has 1 aromatic carbocycles. The van der Waals surface area contributed by atoms with E-state index in [1.165, 1.54) is 7.11 Å². The van der Waals surface area contributed by atoms with Crippen molar-refractivity contribution in [2.45, 2.75) is 0 Å². The second-order valence-electron chi connectivity index (χ2n) is 4.02. The first-order valence-corrected chi connectivity index (χ1v) is 5.69. The number of hydrogen-bond donors (Lipinski definition) is 1. The Kier molecular flexibility index (Phi) is 2.62. The minimum absolute atomic E-state index is 0.470. The molecule has 0 saturated heterocycles. The van der Waals surface area contributed by atoms with Gasteiger partial charge in [-0.25, -0.2) is 4.98 Å². The molecular formula is C14H10N4O. The molecular weight excluding hydrogens is 240 g/mol. The fourth-order valence-electron chi connectivity index (χ4n) is 1.95. The van der Waals surface area contributed by atoms with Crippen LogP contribution in [0.2, 0.25) is 0 Å². The summed E-state index contributed by atoms with van der Waals surface area (Å²) < 4.78 is 5.08. The maximum Gasteiger partial charge on any atom is 0.154 e. The molecule has 0 aliphatic carbocycles. The van der Waals surface area contributed by atoms with Crippen LogP contribution in [0.1, 0.15) is 5.56 Å². The topological polar surface area (TPSA) is 74.6 Å². The number of hydrogen-bond acceptors (Lipinski definition) is 4. The lowest BCUT2D eigenvalue weighted by molar-refractivity contribution is 0.411. The van der Waals surface area contributed by atoms with Crippen molar-refractivity contribution in [2.75, 3.05) is 7.11 Å². The van der Waals surface area contributed by atoms with Gasteiger partial charge >= 0.3 is 0 Å². The molecule has 0 aliphatic rings. The predicted octanol–water partition coefficient (Wildman–Crippen LogP) is 2.51. The Morgan fingerprint density at radius 2 is 2.16 bits per heavy atom. The molecule has 5 heteroatoms. The van der Waals surface area contributed by atoms with E-state index in [0.717, 1.165) is 22.3 Å². The molecule has 5 nitrogen and oxygen atoms in total. The number of nitrogens with zero attached hydrogens (tertiary/aromatic N) is 3. The number of methoxy groups -OCH3 is 1. The van der Waals surface area contributed by atoms with E-state index in [1.54, 1.807) is 18.6 Å². The van der Waals surface area contributed by atoms with Crippen LogP contribution in [0.15, 0.2) is 36.8 Å². The van der Waals surface area contributed by atoms with E-state index in [2.05, 4.69) is 21.0 Å². The largest absolute Gasteiger partial charge is 0.494 e. The quantitative estimate of drug-likeness (QED) is 0.758. The molecule has 0 radical (unpaired) electrons. The second-order valence-corrected chi connectivity index (χ2v) is 4.02. The average Bonchev–Trinajstić information content (AvgIpc) is 2.93. The number of aromatic amines is 1. The zero-order valence-electron chi connectivity index (χ0n) is 10.2. The summed E-state index contributed by atoms with van der Waals surface area (Å²) in [5, 5.41) is 9.09. The molecule has 0 amide bonds. The summed E-state index contributed by atoms with van der Waals surface area (Å²) in [4.78, 5) is 11.5. The van der Waals surface area contributed by atoms with Gasteiger partial charge in [0.15, 0.2) is 5.75 Å². The van der Waals surface area contributed by atoms with Crippen LogP contribution in [-0.2, 0) is 0 Å². The highest BCUT2D eigenvalue weighted by Gasteiger charge is 2.07.